The summed E-state index contributed by atoms with van der Waals surface area (Å²) in [6.07, 6.45) is 0.656. The van der Waals surface area contributed by atoms with Crippen LogP contribution in [0, 0.1) is 11.7 Å². The Balaban J connectivity index is 1.83. The molecule has 25 heavy (non-hydrogen) atoms. The van der Waals surface area contributed by atoms with Gasteiger partial charge in [0.05, 0.1) is 6.04 Å². The van der Waals surface area contributed by atoms with E-state index >= 15 is 0 Å². The van der Waals surface area contributed by atoms with Crippen LogP contribution in [0.3, 0.4) is 0 Å². The molecule has 1 fully saturated rings. The van der Waals surface area contributed by atoms with Crippen LogP contribution in [-0.4, -0.2) is 66.7 Å². The Hall–Kier alpha value is -2.19. The first-order chi connectivity index (χ1) is 12.0. The third-order valence-electron chi connectivity index (χ3n) is 4.46. The number of carboxylic acid groups (broad SMARTS) is 1. The van der Waals surface area contributed by atoms with Crippen LogP contribution in [0.4, 0.5) is 9.18 Å². The second kappa shape index (κ2) is 9.33. The fraction of sp³-hybridized carbons (Fsp3) is 0.529. The number of nitrogens with one attached hydrogen (secondary N) is 1. The third kappa shape index (κ3) is 5.40. The molecule has 1 aromatic carbocycles. The van der Waals surface area contributed by atoms with Crippen molar-refractivity contribution in [1.82, 2.24) is 15.3 Å². The smallest absolute Gasteiger partial charge is 0.422 e. The predicted molar refractivity (Wildman–Crippen MR) is 89.8 cm³/mol. The Labute approximate surface area is 146 Å². The van der Waals surface area contributed by atoms with E-state index in [1.165, 1.54) is 19.2 Å². The molecular formula is C17H24FN3O4. The van der Waals surface area contributed by atoms with E-state index in [9.17, 15) is 19.1 Å². The number of halogens is 1. The number of nitrogens with zero attached hydrogens (tertiary/aromatic N) is 2. The van der Waals surface area contributed by atoms with Gasteiger partial charge in [-0.3, -0.25) is 4.90 Å². The monoisotopic (exact) mass is 353 g/mol. The molecule has 2 rings (SSSR count). The number of rotatable bonds is 9. The molecule has 1 heterocycles. The summed E-state index contributed by atoms with van der Waals surface area (Å²) in [5.41, 5.74) is 2.65. The third-order valence-corrected chi connectivity index (χ3v) is 4.46. The lowest BCUT2D eigenvalue weighted by Gasteiger charge is -2.31. The highest BCUT2D eigenvalue weighted by Crippen LogP contribution is 2.24. The summed E-state index contributed by atoms with van der Waals surface area (Å²) < 4.78 is 18.4. The number of ether oxygens (including phenoxy) is 1. The Morgan fingerprint density at radius 1 is 1.52 bits per heavy atom. The molecule has 0 spiro atoms. The van der Waals surface area contributed by atoms with Gasteiger partial charge in [0.25, 0.3) is 0 Å². The van der Waals surface area contributed by atoms with Gasteiger partial charge in [-0.25, -0.2) is 19.6 Å². The minimum atomic E-state index is -1.09. The largest absolute Gasteiger partial charge is 0.492 e. The van der Waals surface area contributed by atoms with Crippen molar-refractivity contribution in [1.29, 1.82) is 0 Å². The molecule has 0 radical (unpaired) electrons. The minimum absolute atomic E-state index is 0.0829. The molecule has 138 valence electrons. The van der Waals surface area contributed by atoms with Gasteiger partial charge in [-0.1, -0.05) is 0 Å². The first-order valence-corrected chi connectivity index (χ1v) is 8.29. The molecule has 0 saturated carbocycles. The maximum absolute atomic E-state index is 12.8. The maximum Gasteiger partial charge on any atom is 0.422 e. The van der Waals surface area contributed by atoms with Crippen LogP contribution in [-0.2, 0) is 4.79 Å². The summed E-state index contributed by atoms with van der Waals surface area (Å²) in [5.74, 6) is 0.395. The number of benzene rings is 1. The van der Waals surface area contributed by atoms with Crippen molar-refractivity contribution in [3.63, 3.8) is 0 Å². The highest BCUT2D eigenvalue weighted by molar-refractivity contribution is 5.65. The van der Waals surface area contributed by atoms with E-state index in [1.54, 1.807) is 12.1 Å². The van der Waals surface area contributed by atoms with Crippen molar-refractivity contribution in [3.8, 4) is 5.75 Å². The number of amides is 1. The second-order valence-corrected chi connectivity index (χ2v) is 6.00. The molecule has 2 N–H and O–H groups in total. The first-order valence-electron chi connectivity index (χ1n) is 8.29. The highest BCUT2D eigenvalue weighted by Gasteiger charge is 2.34. The van der Waals surface area contributed by atoms with E-state index in [1.807, 2.05) is 0 Å². The molecule has 2 atom stereocenters. The molecule has 0 aromatic heterocycles. The van der Waals surface area contributed by atoms with E-state index in [4.69, 9.17) is 4.74 Å². The Bertz CT molecular complexity index is 570. The quantitative estimate of drug-likeness (QED) is 0.518. The highest BCUT2D eigenvalue weighted by atomic mass is 19.1. The number of aldehydes is 1. The van der Waals surface area contributed by atoms with E-state index in [2.05, 4.69) is 10.3 Å². The van der Waals surface area contributed by atoms with E-state index in [0.29, 0.717) is 25.4 Å². The molecule has 1 aliphatic heterocycles. The van der Waals surface area contributed by atoms with Crippen molar-refractivity contribution in [2.45, 2.75) is 18.9 Å². The summed E-state index contributed by atoms with van der Waals surface area (Å²) >= 11 is 0. The van der Waals surface area contributed by atoms with E-state index in [-0.39, 0.29) is 24.2 Å². The van der Waals surface area contributed by atoms with Crippen LogP contribution in [0.5, 0.6) is 5.75 Å². The summed E-state index contributed by atoms with van der Waals surface area (Å²) in [6, 6.07) is 5.48. The first kappa shape index (κ1) is 19.1. The van der Waals surface area contributed by atoms with Crippen molar-refractivity contribution in [2.24, 2.45) is 5.92 Å². The summed E-state index contributed by atoms with van der Waals surface area (Å²) in [6.45, 7) is 2.68. The minimum Gasteiger partial charge on any atom is -0.492 e. The molecular weight excluding hydrogens is 329 g/mol. The molecule has 1 aliphatic rings. The number of likely N-dealkylation sites (tertiary alicyclic amines) is 1. The fourth-order valence-corrected chi connectivity index (χ4v) is 3.21. The number of hydrazine groups is 1. The van der Waals surface area contributed by atoms with Crippen molar-refractivity contribution in [2.75, 3.05) is 33.3 Å². The molecule has 8 heteroatoms. The predicted octanol–water partition coefficient (Wildman–Crippen LogP) is 1.60. The molecule has 2 unspecified atom stereocenters. The fourth-order valence-electron chi connectivity index (χ4n) is 3.21. The number of carbonyl (C=O) groups is 2. The van der Waals surface area contributed by atoms with E-state index in [0.717, 1.165) is 24.3 Å². The lowest BCUT2D eigenvalue weighted by atomic mass is 9.96. The standard InChI is InChI=1S/C17H24FN3O4/c1-19-21(17(23)24)16(7-10-22)13-6-8-20(12-13)9-11-25-15-4-2-14(18)3-5-15/h2-5,10,13,16,19H,6-9,11-12H2,1H3,(H,23,24). The Morgan fingerprint density at radius 2 is 2.24 bits per heavy atom. The van der Waals surface area contributed by atoms with Crippen molar-refractivity contribution < 1.29 is 23.8 Å². The van der Waals surface area contributed by atoms with Gasteiger partial charge in [0, 0.05) is 26.6 Å². The van der Waals surface area contributed by atoms with Crippen LogP contribution in [0.1, 0.15) is 12.8 Å². The molecule has 1 saturated heterocycles. The van der Waals surface area contributed by atoms with Gasteiger partial charge in [0.2, 0.25) is 0 Å². The van der Waals surface area contributed by atoms with Gasteiger partial charge in [-0.05, 0) is 43.1 Å². The van der Waals surface area contributed by atoms with Gasteiger partial charge >= 0.3 is 6.09 Å². The molecule has 0 bridgehead atoms. The van der Waals surface area contributed by atoms with E-state index < -0.39 is 6.09 Å². The Kier molecular flexibility index (Phi) is 7.15. The maximum atomic E-state index is 12.8. The molecule has 1 amide bonds. The van der Waals surface area contributed by atoms with Gasteiger partial charge in [-0.2, -0.15) is 0 Å². The van der Waals surface area contributed by atoms with Gasteiger partial charge in [-0.15, -0.1) is 0 Å². The van der Waals surface area contributed by atoms with Crippen LogP contribution < -0.4 is 10.2 Å². The van der Waals surface area contributed by atoms with Crippen LogP contribution >= 0.6 is 0 Å². The van der Waals surface area contributed by atoms with Crippen molar-refractivity contribution >= 4 is 12.4 Å². The SMILES string of the molecule is CNN(C(=O)O)C(CC=O)C1CCN(CCOc2ccc(F)cc2)C1. The van der Waals surface area contributed by atoms with Gasteiger partial charge in [0.15, 0.2) is 0 Å². The topological polar surface area (TPSA) is 82.1 Å². The average Bonchev–Trinajstić information content (AvgIpc) is 3.05. The molecule has 1 aromatic rings. The summed E-state index contributed by atoms with van der Waals surface area (Å²) in [7, 11) is 1.54. The average molecular weight is 353 g/mol. The van der Waals surface area contributed by atoms with Crippen LogP contribution in [0.15, 0.2) is 24.3 Å². The summed E-state index contributed by atoms with van der Waals surface area (Å²) in [4.78, 5) is 24.4. The lowest BCUT2D eigenvalue weighted by Crippen LogP contribution is -2.51. The van der Waals surface area contributed by atoms with Gasteiger partial charge < -0.3 is 14.6 Å². The molecule has 7 nitrogen and oxygen atoms in total. The lowest BCUT2D eigenvalue weighted by molar-refractivity contribution is -0.109. The normalized spacial score (nSPS) is 18.7. The van der Waals surface area contributed by atoms with Crippen molar-refractivity contribution in [3.05, 3.63) is 30.1 Å². The van der Waals surface area contributed by atoms with Crippen LogP contribution in [0.25, 0.3) is 0 Å². The Morgan fingerprint density at radius 3 is 2.84 bits per heavy atom. The number of carbonyl (C=O) groups excluding carboxylic acids is 1. The zero-order valence-corrected chi connectivity index (χ0v) is 14.2. The van der Waals surface area contributed by atoms with Gasteiger partial charge in [0.1, 0.15) is 24.5 Å². The van der Waals surface area contributed by atoms with Crippen LogP contribution in [0.2, 0.25) is 0 Å². The zero-order chi connectivity index (χ0) is 18.2. The zero-order valence-electron chi connectivity index (χ0n) is 14.2. The molecule has 0 aliphatic carbocycles. The second-order valence-electron chi connectivity index (χ2n) is 6.00. The number of hydrogen-bond donors (Lipinski definition) is 2. The number of hydrogen-bond acceptors (Lipinski definition) is 5. The summed E-state index contributed by atoms with van der Waals surface area (Å²) in [5, 5.41) is 10.4.